The zero-order chi connectivity index (χ0) is 4.28. The third-order valence-corrected chi connectivity index (χ3v) is 0.200. The van der Waals surface area contributed by atoms with Crippen LogP contribution in [-0.2, 0) is 11.9 Å². The molecule has 0 saturated heterocycles. The maximum Gasteiger partial charge on any atom is 0.330 e. The highest BCUT2D eigenvalue weighted by molar-refractivity contribution is 7.58. The molecule has 0 atom stereocenters. The molecule has 0 heterocycles. The molecule has 0 aromatic heterocycles. The minimum absolute atomic E-state index is 0.958. The first-order valence-corrected chi connectivity index (χ1v) is 1.51. The summed E-state index contributed by atoms with van der Waals surface area (Å²) in [6.45, 7) is 0. The molecule has 0 aliphatic carbocycles. The second-order valence-corrected chi connectivity index (χ2v) is 0.809. The number of nitro groups is 1. The van der Waals surface area contributed by atoms with E-state index in [9.17, 15) is 0 Å². The standard InChI is InChI=1S/HNO3S/c2-1(3)5-4/h5H. The summed E-state index contributed by atoms with van der Waals surface area (Å²) in [7, 11) is 0. The van der Waals surface area contributed by atoms with Crippen LogP contribution in [0.1, 0.15) is 0 Å². The van der Waals surface area contributed by atoms with Crippen molar-refractivity contribution in [2.24, 2.45) is 0 Å². The lowest BCUT2D eigenvalue weighted by atomic mass is 13.4. The third-order valence-electron chi connectivity index (χ3n) is 0.0667. The van der Waals surface area contributed by atoms with Crippen molar-refractivity contribution in [1.29, 1.82) is 0 Å². The maximum atomic E-state index is 8.90. The fourth-order valence-corrected chi connectivity index (χ4v) is 0. The summed E-state index contributed by atoms with van der Waals surface area (Å²) < 4.78 is 7.94. The second-order valence-electron chi connectivity index (χ2n) is 0.319. The van der Waals surface area contributed by atoms with Gasteiger partial charge in [0.15, 0.2) is 0 Å². The van der Waals surface area contributed by atoms with Gasteiger partial charge in [-0.15, -0.1) is 0 Å². The van der Waals surface area contributed by atoms with Crippen molar-refractivity contribution in [3.05, 3.63) is 10.1 Å². The molecule has 0 unspecified atom stereocenters. The normalized spacial score (nSPS) is 7.20. The quantitative estimate of drug-likeness (QED) is 0.261. The number of rotatable bonds is 1. The lowest BCUT2D eigenvalue weighted by molar-refractivity contribution is -0.289. The zero-order valence-electron chi connectivity index (χ0n) is 2.12. The highest BCUT2D eigenvalue weighted by Gasteiger charge is 1.75. The molecule has 0 bridgehead atoms. The van der Waals surface area contributed by atoms with Gasteiger partial charge < -0.3 is 0 Å². The van der Waals surface area contributed by atoms with Gasteiger partial charge in [-0.3, -0.25) is 0 Å². The van der Waals surface area contributed by atoms with Gasteiger partial charge in [0.1, 0.15) is 4.33 Å². The van der Waals surface area contributed by atoms with E-state index in [4.69, 9.17) is 14.3 Å². The lowest BCUT2D eigenvalue weighted by Gasteiger charge is -1.61. The summed E-state index contributed by atoms with van der Waals surface area (Å²) in [6.07, 6.45) is 0. The SMILES string of the molecule is O=[SH][N+](=O)[O-]. The molecule has 0 radical (unpaired) electrons. The Labute approximate surface area is 31.6 Å². The Kier molecular flexibility index (Phi) is 1.67. The zero-order valence-corrected chi connectivity index (χ0v) is 3.01. The van der Waals surface area contributed by atoms with E-state index < -0.39 is 16.2 Å². The van der Waals surface area contributed by atoms with Crippen molar-refractivity contribution < 1.29 is 8.54 Å². The summed E-state index contributed by atoms with van der Waals surface area (Å²) in [5.74, 6) is 0. The van der Waals surface area contributed by atoms with Crippen molar-refractivity contribution in [3.8, 4) is 0 Å². The minimum atomic E-state index is -1.03. The molecule has 0 aliphatic heterocycles. The molecule has 0 aliphatic rings. The smallest absolute Gasteiger partial charge is 0.249 e. The Hall–Kier alpha value is -0.450. The Morgan fingerprint density at radius 1 is 1.80 bits per heavy atom. The molecule has 0 spiro atoms. The van der Waals surface area contributed by atoms with Gasteiger partial charge in [-0.25, -0.2) is 10.1 Å². The Morgan fingerprint density at radius 3 is 2.00 bits per heavy atom. The Balaban J connectivity index is 3.20. The molecule has 0 fully saturated rings. The lowest BCUT2D eigenvalue weighted by Crippen LogP contribution is -1.82. The monoisotopic (exact) mass is 95.0 g/mol. The van der Waals surface area contributed by atoms with Crippen LogP contribution in [0.2, 0.25) is 0 Å². The largest absolute Gasteiger partial charge is 0.330 e. The van der Waals surface area contributed by atoms with E-state index in [-0.39, 0.29) is 0 Å². The van der Waals surface area contributed by atoms with Crippen molar-refractivity contribution >= 4 is 11.9 Å². The van der Waals surface area contributed by atoms with E-state index in [0.29, 0.717) is 0 Å². The van der Waals surface area contributed by atoms with Crippen LogP contribution in [-0.4, -0.2) is 8.54 Å². The van der Waals surface area contributed by atoms with Crippen LogP contribution in [0, 0.1) is 10.1 Å². The number of hydrogen-bond donors (Lipinski definition) is 1. The predicted molar refractivity (Wildman–Crippen MR) is 16.5 cm³/mol. The van der Waals surface area contributed by atoms with Gasteiger partial charge in [-0.2, -0.15) is 4.21 Å². The van der Waals surface area contributed by atoms with Crippen molar-refractivity contribution in [2.45, 2.75) is 0 Å². The molecule has 4 nitrogen and oxygen atoms in total. The number of thiol groups is 1. The molecule has 5 heteroatoms. The summed E-state index contributed by atoms with van der Waals surface area (Å²) in [4.78, 5) is 8.85. The first-order chi connectivity index (χ1) is 2.27. The van der Waals surface area contributed by atoms with Gasteiger partial charge in [0.25, 0.3) is 0 Å². The molecule has 5 heavy (non-hydrogen) atoms. The molecule has 0 aromatic rings. The van der Waals surface area contributed by atoms with Gasteiger partial charge in [0.05, 0.1) is 0 Å². The van der Waals surface area contributed by atoms with Gasteiger partial charge in [-0.1, -0.05) is 0 Å². The maximum absolute atomic E-state index is 8.90. The second kappa shape index (κ2) is 1.83. The summed E-state index contributed by atoms with van der Waals surface area (Å²) in [5.41, 5.74) is 0. The van der Waals surface area contributed by atoms with Crippen LogP contribution in [0.3, 0.4) is 0 Å². The molecule has 0 saturated carbocycles. The van der Waals surface area contributed by atoms with Gasteiger partial charge in [0, 0.05) is 0 Å². The molecule has 0 aromatic carbocycles. The summed E-state index contributed by atoms with van der Waals surface area (Å²) in [5, 5.41) is 8.85. The molecular formula is HNO3S. The first-order valence-electron chi connectivity index (χ1n) is 0.748. The fraction of sp³-hybridized carbons (Fsp3) is 0. The van der Waals surface area contributed by atoms with Crippen LogP contribution in [0.15, 0.2) is 0 Å². The van der Waals surface area contributed by atoms with E-state index in [1.54, 1.807) is 0 Å². The van der Waals surface area contributed by atoms with Gasteiger partial charge in [0.2, 0.25) is 0 Å². The van der Waals surface area contributed by atoms with E-state index in [1.165, 1.54) is 0 Å². The van der Waals surface area contributed by atoms with Crippen LogP contribution < -0.4 is 0 Å². The van der Waals surface area contributed by atoms with E-state index in [0.717, 1.165) is 0 Å². The molecular weight excluding hydrogens is 94.1 g/mol. The van der Waals surface area contributed by atoms with E-state index in [2.05, 4.69) is 0 Å². The molecule has 0 rings (SSSR count). The highest BCUT2D eigenvalue weighted by Crippen LogP contribution is 1.50. The average Bonchev–Trinajstić information content (AvgIpc) is 1.38. The molecule has 0 amide bonds. The van der Waals surface area contributed by atoms with Gasteiger partial charge >= 0.3 is 11.9 Å². The molecule has 30 valence electrons. The summed E-state index contributed by atoms with van der Waals surface area (Å²) in [6, 6.07) is 0. The van der Waals surface area contributed by atoms with Crippen molar-refractivity contribution in [2.75, 3.05) is 0 Å². The summed E-state index contributed by atoms with van der Waals surface area (Å²) >= 11 is -1.03. The number of hydrogen-bond acceptors (Lipinski definition) is 3. The van der Waals surface area contributed by atoms with Crippen molar-refractivity contribution in [3.63, 3.8) is 0 Å². The first kappa shape index (κ1) is 4.55. The third kappa shape index (κ3) is 3.55. The van der Waals surface area contributed by atoms with Gasteiger partial charge in [-0.05, 0) is 0 Å². The van der Waals surface area contributed by atoms with Crippen LogP contribution >= 0.6 is 0 Å². The predicted octanol–water partition coefficient (Wildman–Crippen LogP) is -0.877. The Morgan fingerprint density at radius 2 is 2.00 bits per heavy atom. The minimum Gasteiger partial charge on any atom is -0.249 e. The Bertz CT molecular complexity index is 57.9. The molecule has 0 N–H and O–H groups in total. The van der Waals surface area contributed by atoms with Crippen LogP contribution in [0.5, 0.6) is 0 Å². The van der Waals surface area contributed by atoms with Crippen LogP contribution in [0.4, 0.5) is 0 Å². The van der Waals surface area contributed by atoms with E-state index in [1.807, 2.05) is 0 Å². The fourth-order valence-electron chi connectivity index (χ4n) is 0. The van der Waals surface area contributed by atoms with Crippen LogP contribution in [0.25, 0.3) is 0 Å². The average molecular weight is 95.1 g/mol. The van der Waals surface area contributed by atoms with E-state index >= 15 is 0 Å². The van der Waals surface area contributed by atoms with Crippen molar-refractivity contribution in [1.82, 2.24) is 0 Å². The number of nitrogens with zero attached hydrogens (tertiary/aromatic N) is 1. The topological polar surface area (TPSA) is 60.2 Å². The highest BCUT2D eigenvalue weighted by atomic mass is 32.2.